The maximum Gasteiger partial charge on any atom is 0.310 e. The Hall–Kier alpha value is -3.18. The third-order valence-corrected chi connectivity index (χ3v) is 7.17. The highest BCUT2D eigenvalue weighted by molar-refractivity contribution is 6.34. The van der Waals surface area contributed by atoms with Crippen LogP contribution < -0.4 is 16.0 Å². The highest BCUT2D eigenvalue weighted by Crippen LogP contribution is 2.28. The molecule has 1 aromatic rings. The molecule has 3 N–H and O–H groups in total. The topological polar surface area (TPSA) is 143 Å². The summed E-state index contributed by atoms with van der Waals surface area (Å²) in [6.45, 7) is 11.4. The monoisotopic (exact) mass is 578 g/mol. The Balaban J connectivity index is 1.74. The molecule has 4 atom stereocenters. The van der Waals surface area contributed by atoms with E-state index < -0.39 is 53.5 Å². The number of rotatable bonds is 9. The second kappa shape index (κ2) is 13.0. The van der Waals surface area contributed by atoms with Crippen LogP contribution in [-0.2, 0) is 28.7 Å². The number of likely N-dealkylation sites (tertiary alicyclic amines) is 1. The van der Waals surface area contributed by atoms with Gasteiger partial charge >= 0.3 is 5.97 Å². The molecular formula is C28H39ClN4O7. The Labute approximate surface area is 239 Å². The van der Waals surface area contributed by atoms with Gasteiger partial charge in [0.25, 0.3) is 5.91 Å². The fourth-order valence-electron chi connectivity index (χ4n) is 4.64. The first-order valence-electron chi connectivity index (χ1n) is 13.6. The second-order valence-corrected chi connectivity index (χ2v) is 11.8. The van der Waals surface area contributed by atoms with Crippen LogP contribution in [0.1, 0.15) is 71.2 Å². The molecule has 0 spiro atoms. The summed E-state index contributed by atoms with van der Waals surface area (Å²) in [6.07, 6.45) is 0.166. The first kappa shape index (κ1) is 31.3. The van der Waals surface area contributed by atoms with E-state index in [1.807, 2.05) is 20.8 Å². The van der Waals surface area contributed by atoms with Crippen LogP contribution in [0.3, 0.4) is 0 Å². The van der Waals surface area contributed by atoms with Crippen molar-refractivity contribution in [2.75, 3.05) is 18.5 Å². The highest BCUT2D eigenvalue weighted by Gasteiger charge is 2.44. The maximum absolute atomic E-state index is 13.8. The van der Waals surface area contributed by atoms with Gasteiger partial charge in [0.1, 0.15) is 18.1 Å². The van der Waals surface area contributed by atoms with Crippen LogP contribution in [0, 0.1) is 11.3 Å². The third kappa shape index (κ3) is 7.51. The molecule has 11 nitrogen and oxygen atoms in total. The summed E-state index contributed by atoms with van der Waals surface area (Å²) in [4.78, 5) is 65.5. The molecule has 12 heteroatoms. The normalized spacial score (nSPS) is 21.6. The first-order valence-corrected chi connectivity index (χ1v) is 13.9. The van der Waals surface area contributed by atoms with E-state index in [4.69, 9.17) is 21.1 Å². The average Bonchev–Trinajstić information content (AvgIpc) is 3.48. The number of carbonyl (C=O) groups excluding carboxylic acids is 5. The van der Waals surface area contributed by atoms with E-state index in [0.717, 1.165) is 0 Å². The molecule has 0 aromatic heterocycles. The summed E-state index contributed by atoms with van der Waals surface area (Å²) in [5, 5.41) is 8.48. The van der Waals surface area contributed by atoms with Gasteiger partial charge in [-0.3, -0.25) is 24.0 Å². The van der Waals surface area contributed by atoms with Crippen LogP contribution in [0.25, 0.3) is 0 Å². The number of cyclic esters (lactones) is 1. The fraction of sp³-hybridized carbons (Fsp3) is 0.607. The number of halogens is 1. The van der Waals surface area contributed by atoms with E-state index in [9.17, 15) is 24.0 Å². The molecule has 2 saturated heterocycles. The predicted octanol–water partition coefficient (Wildman–Crippen LogP) is 2.86. The number of anilines is 1. The summed E-state index contributed by atoms with van der Waals surface area (Å²) in [5.74, 6) is -2.22. The number of ether oxygens (including phenoxy) is 2. The lowest BCUT2D eigenvalue weighted by atomic mass is 9.85. The van der Waals surface area contributed by atoms with Gasteiger partial charge in [-0.25, -0.2) is 0 Å². The van der Waals surface area contributed by atoms with E-state index in [-0.39, 0.29) is 28.8 Å². The zero-order valence-electron chi connectivity index (χ0n) is 23.8. The van der Waals surface area contributed by atoms with Crippen LogP contribution >= 0.6 is 11.6 Å². The van der Waals surface area contributed by atoms with Crippen molar-refractivity contribution >= 4 is 46.9 Å². The van der Waals surface area contributed by atoms with E-state index in [2.05, 4.69) is 16.0 Å². The summed E-state index contributed by atoms with van der Waals surface area (Å²) in [7, 11) is 0. The molecule has 2 heterocycles. The molecule has 0 radical (unpaired) electrons. The lowest BCUT2D eigenvalue weighted by molar-refractivity contribution is -0.164. The lowest BCUT2D eigenvalue weighted by Crippen LogP contribution is -2.58. The SMILES string of the molecule is CCO[C@@H]1OC(=O)C[C@H]1NC(=O)[C@@H]1CCCN1C(=O)[C@@H](NC(=O)c1ccc(NC(=O)C(C)C)cc1Cl)C(C)(C)C. The molecule has 1 aromatic carbocycles. The van der Waals surface area contributed by atoms with Gasteiger partial charge in [-0.1, -0.05) is 46.2 Å². The first-order chi connectivity index (χ1) is 18.7. The van der Waals surface area contributed by atoms with Crippen LogP contribution in [0.15, 0.2) is 18.2 Å². The zero-order chi connectivity index (χ0) is 29.8. The van der Waals surface area contributed by atoms with Crippen LogP contribution in [0.5, 0.6) is 0 Å². The van der Waals surface area contributed by atoms with Crippen molar-refractivity contribution in [2.45, 2.75) is 85.2 Å². The van der Waals surface area contributed by atoms with E-state index in [1.165, 1.54) is 17.0 Å². The van der Waals surface area contributed by atoms with Crippen molar-refractivity contribution in [3.8, 4) is 0 Å². The molecule has 0 unspecified atom stereocenters. The van der Waals surface area contributed by atoms with Gasteiger partial charge in [-0.2, -0.15) is 0 Å². The van der Waals surface area contributed by atoms with Crippen molar-refractivity contribution < 1.29 is 33.4 Å². The van der Waals surface area contributed by atoms with Gasteiger partial charge in [0.2, 0.25) is 24.0 Å². The number of nitrogens with zero attached hydrogens (tertiary/aromatic N) is 1. The predicted molar refractivity (Wildman–Crippen MR) is 148 cm³/mol. The third-order valence-electron chi connectivity index (χ3n) is 6.85. The van der Waals surface area contributed by atoms with Crippen molar-refractivity contribution in [1.29, 1.82) is 0 Å². The number of benzene rings is 1. The minimum Gasteiger partial charge on any atom is -0.433 e. The number of hydrogen-bond acceptors (Lipinski definition) is 7. The van der Waals surface area contributed by atoms with Crippen LogP contribution in [0.2, 0.25) is 5.02 Å². The zero-order valence-corrected chi connectivity index (χ0v) is 24.6. The summed E-state index contributed by atoms with van der Waals surface area (Å²) in [6, 6.07) is 2.17. The highest BCUT2D eigenvalue weighted by atomic mass is 35.5. The molecule has 40 heavy (non-hydrogen) atoms. The quantitative estimate of drug-likeness (QED) is 0.382. The number of hydrogen-bond donors (Lipinski definition) is 3. The Kier molecular flexibility index (Phi) is 10.2. The Morgan fingerprint density at radius 3 is 2.50 bits per heavy atom. The van der Waals surface area contributed by atoms with Crippen molar-refractivity contribution in [1.82, 2.24) is 15.5 Å². The summed E-state index contributed by atoms with van der Waals surface area (Å²) >= 11 is 6.38. The Morgan fingerprint density at radius 1 is 1.20 bits per heavy atom. The molecule has 0 saturated carbocycles. The van der Waals surface area contributed by atoms with Crippen molar-refractivity contribution in [3.05, 3.63) is 28.8 Å². The van der Waals surface area contributed by atoms with E-state index in [0.29, 0.717) is 31.7 Å². The van der Waals surface area contributed by atoms with Crippen LogP contribution in [0.4, 0.5) is 5.69 Å². The fourth-order valence-corrected chi connectivity index (χ4v) is 4.90. The average molecular weight is 579 g/mol. The smallest absolute Gasteiger partial charge is 0.310 e. The number of amides is 4. The molecule has 2 aliphatic rings. The van der Waals surface area contributed by atoms with Crippen molar-refractivity contribution in [2.24, 2.45) is 11.3 Å². The minimum absolute atomic E-state index is 0.0154. The standard InChI is InChI=1S/C28H39ClN4O7/c1-7-39-27-19(14-21(34)40-27)31-25(37)20-9-8-12-33(20)26(38)22(28(4,5)6)32-24(36)17-11-10-16(13-18(17)29)30-23(35)15(2)3/h10-11,13,15,19-20,22,27H,7-9,12,14H2,1-6H3,(H,30,35)(H,31,37)(H,32,36)/t19-,20+,22-,27-/m1/s1. The van der Waals surface area contributed by atoms with Gasteiger partial charge in [-0.15, -0.1) is 0 Å². The van der Waals surface area contributed by atoms with Crippen LogP contribution in [-0.4, -0.2) is 72.1 Å². The lowest BCUT2D eigenvalue weighted by Gasteiger charge is -2.35. The number of carbonyl (C=O) groups is 5. The second-order valence-electron chi connectivity index (χ2n) is 11.4. The maximum atomic E-state index is 13.8. The van der Waals surface area contributed by atoms with Gasteiger partial charge in [0, 0.05) is 24.8 Å². The minimum atomic E-state index is -0.961. The van der Waals surface area contributed by atoms with E-state index in [1.54, 1.807) is 26.8 Å². The number of esters is 1. The Bertz CT molecular complexity index is 1150. The van der Waals surface area contributed by atoms with Gasteiger partial charge in [-0.05, 0) is 43.4 Å². The molecule has 2 fully saturated rings. The molecule has 0 aliphatic carbocycles. The molecule has 0 bridgehead atoms. The molecule has 2 aliphatic heterocycles. The molecule has 220 valence electrons. The molecular weight excluding hydrogens is 540 g/mol. The summed E-state index contributed by atoms with van der Waals surface area (Å²) in [5.41, 5.74) is -0.0924. The van der Waals surface area contributed by atoms with Gasteiger partial charge < -0.3 is 30.3 Å². The van der Waals surface area contributed by atoms with E-state index >= 15 is 0 Å². The van der Waals surface area contributed by atoms with Crippen molar-refractivity contribution in [3.63, 3.8) is 0 Å². The molecule has 3 rings (SSSR count). The van der Waals surface area contributed by atoms with Gasteiger partial charge in [0.05, 0.1) is 17.0 Å². The number of nitrogens with one attached hydrogen (secondary N) is 3. The van der Waals surface area contributed by atoms with Gasteiger partial charge in [0.15, 0.2) is 0 Å². The molecule has 4 amide bonds. The largest absolute Gasteiger partial charge is 0.433 e. The summed E-state index contributed by atoms with van der Waals surface area (Å²) < 4.78 is 10.6. The Morgan fingerprint density at radius 2 is 1.90 bits per heavy atom.